The molecular formula is C24H16ClN5O2. The molecule has 2 aromatic carbocycles. The molecular weight excluding hydrogens is 426 g/mol. The van der Waals surface area contributed by atoms with Gasteiger partial charge in [0, 0.05) is 58.0 Å². The molecule has 0 bridgehead atoms. The monoisotopic (exact) mass is 441 g/mol. The van der Waals surface area contributed by atoms with Crippen LogP contribution in [0.4, 0.5) is 0 Å². The molecule has 0 saturated heterocycles. The molecule has 1 aliphatic rings. The van der Waals surface area contributed by atoms with E-state index in [1.165, 1.54) is 6.33 Å². The SMILES string of the molecule is O=C(O)c1ncnc2c1Cc1cnc(Cc3c[nH]c4ccccc34)n1-c1cc(Cl)ccc1-2. The van der Waals surface area contributed by atoms with Crippen LogP contribution in [-0.2, 0) is 12.8 Å². The second kappa shape index (κ2) is 7.03. The van der Waals surface area contributed by atoms with Gasteiger partial charge in [-0.3, -0.25) is 4.57 Å². The molecule has 0 spiro atoms. The van der Waals surface area contributed by atoms with Gasteiger partial charge in [-0.05, 0) is 29.8 Å². The van der Waals surface area contributed by atoms with E-state index in [1.54, 1.807) is 12.3 Å². The maximum atomic E-state index is 11.9. The largest absolute Gasteiger partial charge is 0.476 e. The van der Waals surface area contributed by atoms with Crippen LogP contribution in [0.2, 0.25) is 5.02 Å². The van der Waals surface area contributed by atoms with Crippen LogP contribution in [0.25, 0.3) is 27.8 Å². The first-order chi connectivity index (χ1) is 15.6. The van der Waals surface area contributed by atoms with Crippen molar-refractivity contribution >= 4 is 28.5 Å². The molecule has 3 aromatic heterocycles. The number of halogens is 1. The molecule has 32 heavy (non-hydrogen) atoms. The number of aromatic carboxylic acids is 1. The number of hydrogen-bond donors (Lipinski definition) is 2. The van der Waals surface area contributed by atoms with Crippen LogP contribution in [0.3, 0.4) is 0 Å². The van der Waals surface area contributed by atoms with E-state index < -0.39 is 5.97 Å². The third kappa shape index (κ3) is 2.82. The van der Waals surface area contributed by atoms with E-state index in [4.69, 9.17) is 16.6 Å². The summed E-state index contributed by atoms with van der Waals surface area (Å²) >= 11 is 6.38. The molecule has 156 valence electrons. The van der Waals surface area contributed by atoms with Crippen LogP contribution < -0.4 is 0 Å². The Balaban J connectivity index is 1.58. The lowest BCUT2D eigenvalue weighted by Crippen LogP contribution is -2.09. The summed E-state index contributed by atoms with van der Waals surface area (Å²) in [5.74, 6) is -0.239. The average molecular weight is 442 g/mol. The number of carbonyl (C=O) groups is 1. The zero-order valence-corrected chi connectivity index (χ0v) is 17.5. The van der Waals surface area contributed by atoms with Gasteiger partial charge in [0.1, 0.15) is 12.2 Å². The van der Waals surface area contributed by atoms with Gasteiger partial charge in [0.05, 0.1) is 11.4 Å². The number of carboxylic acid groups (broad SMARTS) is 1. The number of nitrogens with zero attached hydrogens (tertiary/aromatic N) is 4. The Morgan fingerprint density at radius 2 is 2.03 bits per heavy atom. The Morgan fingerprint density at radius 1 is 1.16 bits per heavy atom. The minimum absolute atomic E-state index is 0.00345. The van der Waals surface area contributed by atoms with Gasteiger partial charge >= 0.3 is 5.97 Å². The van der Waals surface area contributed by atoms with Crippen molar-refractivity contribution in [2.75, 3.05) is 0 Å². The molecule has 0 unspecified atom stereocenters. The van der Waals surface area contributed by atoms with E-state index in [9.17, 15) is 9.90 Å². The van der Waals surface area contributed by atoms with Gasteiger partial charge in [-0.25, -0.2) is 19.7 Å². The van der Waals surface area contributed by atoms with Crippen molar-refractivity contribution in [3.05, 3.63) is 94.5 Å². The lowest BCUT2D eigenvalue weighted by molar-refractivity contribution is 0.0689. The van der Waals surface area contributed by atoms with Crippen molar-refractivity contribution in [3.8, 4) is 16.9 Å². The molecule has 1 aliphatic heterocycles. The first-order valence-corrected chi connectivity index (χ1v) is 10.5. The normalized spacial score (nSPS) is 12.2. The zero-order valence-electron chi connectivity index (χ0n) is 16.7. The van der Waals surface area contributed by atoms with E-state index in [0.717, 1.165) is 39.2 Å². The van der Waals surface area contributed by atoms with Crippen molar-refractivity contribution in [1.29, 1.82) is 0 Å². The molecule has 0 atom stereocenters. The molecule has 0 radical (unpaired) electrons. The summed E-state index contributed by atoms with van der Waals surface area (Å²) in [5.41, 5.74) is 5.86. The molecule has 0 fully saturated rings. The minimum Gasteiger partial charge on any atom is -0.476 e. The third-order valence-electron chi connectivity index (χ3n) is 5.89. The van der Waals surface area contributed by atoms with Crippen molar-refractivity contribution in [2.45, 2.75) is 12.8 Å². The molecule has 8 heteroatoms. The van der Waals surface area contributed by atoms with E-state index in [0.29, 0.717) is 29.1 Å². The van der Waals surface area contributed by atoms with Gasteiger partial charge in [0.2, 0.25) is 0 Å². The van der Waals surface area contributed by atoms with E-state index in [1.807, 2.05) is 36.5 Å². The van der Waals surface area contributed by atoms with Crippen LogP contribution in [0, 0.1) is 0 Å². The molecule has 4 heterocycles. The van der Waals surface area contributed by atoms with Crippen LogP contribution in [-0.4, -0.2) is 35.6 Å². The number of carboxylic acids is 1. The highest BCUT2D eigenvalue weighted by Crippen LogP contribution is 2.37. The first kappa shape index (κ1) is 18.8. The Bertz CT molecular complexity index is 1530. The summed E-state index contributed by atoms with van der Waals surface area (Å²) in [5, 5.41) is 11.4. The number of hydrogen-bond acceptors (Lipinski definition) is 4. The summed E-state index contributed by atoms with van der Waals surface area (Å²) in [6.45, 7) is 0. The van der Waals surface area contributed by atoms with Crippen LogP contribution in [0.1, 0.15) is 33.1 Å². The summed E-state index contributed by atoms with van der Waals surface area (Å²) in [7, 11) is 0. The Morgan fingerprint density at radius 3 is 2.91 bits per heavy atom. The molecule has 7 nitrogen and oxygen atoms in total. The number of fused-ring (bicyclic) bond motifs is 6. The Labute approximate surface area is 187 Å². The van der Waals surface area contributed by atoms with E-state index in [-0.39, 0.29) is 5.69 Å². The smallest absolute Gasteiger partial charge is 0.354 e. The van der Waals surface area contributed by atoms with Crippen molar-refractivity contribution < 1.29 is 9.90 Å². The molecule has 0 aliphatic carbocycles. The average Bonchev–Trinajstić information content (AvgIpc) is 3.35. The van der Waals surface area contributed by atoms with Crippen LogP contribution >= 0.6 is 11.6 Å². The molecule has 6 rings (SSSR count). The number of aromatic nitrogens is 5. The lowest BCUT2D eigenvalue weighted by atomic mass is 10.0. The number of benzene rings is 2. The van der Waals surface area contributed by atoms with Gasteiger partial charge in [0.25, 0.3) is 0 Å². The second-order valence-electron chi connectivity index (χ2n) is 7.73. The topological polar surface area (TPSA) is 96.7 Å². The lowest BCUT2D eigenvalue weighted by Gasteiger charge is -2.13. The summed E-state index contributed by atoms with van der Waals surface area (Å²) in [6, 6.07) is 13.7. The molecule has 5 aromatic rings. The maximum Gasteiger partial charge on any atom is 0.354 e. The number of rotatable bonds is 3. The third-order valence-corrected chi connectivity index (χ3v) is 6.13. The molecule has 2 N–H and O–H groups in total. The fourth-order valence-corrected chi connectivity index (χ4v) is 4.66. The Hall–Kier alpha value is -3.97. The minimum atomic E-state index is -1.08. The van der Waals surface area contributed by atoms with Gasteiger partial charge in [-0.2, -0.15) is 0 Å². The van der Waals surface area contributed by atoms with Gasteiger partial charge in [-0.1, -0.05) is 29.8 Å². The highest BCUT2D eigenvalue weighted by Gasteiger charge is 2.27. The molecule has 0 saturated carbocycles. The van der Waals surface area contributed by atoms with Crippen LogP contribution in [0.5, 0.6) is 0 Å². The number of aromatic amines is 1. The standard InChI is InChI=1S/C24H16ClN5O2/c25-14-5-6-17-20(8-14)30-15(9-18-22(17)28-12-29-23(18)24(31)32)11-27-21(30)7-13-10-26-19-4-2-1-3-16(13)19/h1-6,8,10-12,26H,7,9H2,(H,31,32). The summed E-state index contributed by atoms with van der Waals surface area (Å²) < 4.78 is 2.07. The maximum absolute atomic E-state index is 11.9. The van der Waals surface area contributed by atoms with Crippen molar-refractivity contribution in [3.63, 3.8) is 0 Å². The van der Waals surface area contributed by atoms with Gasteiger partial charge in [0.15, 0.2) is 5.69 Å². The van der Waals surface area contributed by atoms with E-state index >= 15 is 0 Å². The van der Waals surface area contributed by atoms with Gasteiger partial charge < -0.3 is 10.1 Å². The zero-order chi connectivity index (χ0) is 21.8. The predicted octanol–water partition coefficient (Wildman–Crippen LogP) is 4.66. The van der Waals surface area contributed by atoms with E-state index in [2.05, 4.69) is 25.6 Å². The van der Waals surface area contributed by atoms with Gasteiger partial charge in [-0.15, -0.1) is 0 Å². The number of para-hydroxylation sites is 1. The quantitative estimate of drug-likeness (QED) is 0.416. The van der Waals surface area contributed by atoms with Crippen molar-refractivity contribution in [2.24, 2.45) is 0 Å². The van der Waals surface area contributed by atoms with Crippen molar-refractivity contribution in [1.82, 2.24) is 24.5 Å². The predicted molar refractivity (Wildman–Crippen MR) is 120 cm³/mol. The summed E-state index contributed by atoms with van der Waals surface area (Å²) in [4.78, 5) is 28.4. The fourth-order valence-electron chi connectivity index (χ4n) is 4.49. The fraction of sp³-hybridized carbons (Fsp3) is 0.0833. The number of imidazole rings is 1. The molecule has 0 amide bonds. The summed E-state index contributed by atoms with van der Waals surface area (Å²) in [6.07, 6.45) is 6.05. The highest BCUT2D eigenvalue weighted by atomic mass is 35.5. The highest BCUT2D eigenvalue weighted by molar-refractivity contribution is 6.30. The van der Waals surface area contributed by atoms with Crippen LogP contribution in [0.15, 0.2) is 61.2 Å². The first-order valence-electron chi connectivity index (χ1n) is 10.1. The second-order valence-corrected chi connectivity index (χ2v) is 8.17. The number of nitrogens with one attached hydrogen (secondary N) is 1. The Kier molecular flexibility index (Phi) is 4.13. The number of H-pyrrole nitrogens is 1.